The fourth-order valence-corrected chi connectivity index (χ4v) is 3.59. The first kappa shape index (κ1) is 15.9. The van der Waals surface area contributed by atoms with E-state index in [2.05, 4.69) is 23.7 Å². The molecule has 0 aliphatic carbocycles. The van der Waals surface area contributed by atoms with Crippen molar-refractivity contribution in [2.75, 3.05) is 18.0 Å². The van der Waals surface area contributed by atoms with Crippen molar-refractivity contribution in [3.63, 3.8) is 0 Å². The van der Waals surface area contributed by atoms with Crippen LogP contribution >= 0.6 is 11.6 Å². The molecule has 0 amide bonds. The maximum Gasteiger partial charge on any atom is 0.334 e. The zero-order chi connectivity index (χ0) is 16.6. The number of aromatic amines is 1. The molecule has 1 saturated heterocycles. The lowest BCUT2D eigenvalue weighted by Gasteiger charge is -2.36. The first-order valence-electron chi connectivity index (χ1n) is 7.82. The number of nitrogens with one attached hydrogen (secondary N) is 1. The number of piperidine rings is 1. The summed E-state index contributed by atoms with van der Waals surface area (Å²) in [4.78, 5) is 29.8. The van der Waals surface area contributed by atoms with Gasteiger partial charge in [0.25, 0.3) is 5.56 Å². The van der Waals surface area contributed by atoms with E-state index < -0.39 is 5.69 Å². The van der Waals surface area contributed by atoms with Crippen LogP contribution in [0.5, 0.6) is 0 Å². The number of H-pyrrole nitrogens is 1. The molecule has 1 aromatic heterocycles. The van der Waals surface area contributed by atoms with Crippen LogP contribution in [0.4, 0.5) is 5.82 Å². The van der Waals surface area contributed by atoms with Crippen LogP contribution < -0.4 is 16.1 Å². The molecule has 23 heavy (non-hydrogen) atoms. The largest absolute Gasteiger partial charge is 0.357 e. The first-order valence-corrected chi connectivity index (χ1v) is 8.19. The van der Waals surface area contributed by atoms with E-state index in [9.17, 15) is 9.59 Å². The normalized spacial score (nSPS) is 21.4. The molecule has 0 saturated carbocycles. The van der Waals surface area contributed by atoms with Gasteiger partial charge in [-0.2, -0.15) is 0 Å². The molecule has 1 N–H and O–H groups in total. The molecule has 2 heterocycles. The average molecular weight is 334 g/mol. The molecule has 122 valence electrons. The standard InChI is InChI=1S/C17H20ClN3O2/c1-11-7-12(2)10-20(9-11)15-8-16(22)21(17(23)19-15)14-6-4-3-5-13(14)18/h3-6,8,11-12H,7,9-10H2,1-2H3,(H,19,23). The summed E-state index contributed by atoms with van der Waals surface area (Å²) in [5, 5.41) is 0.369. The number of hydrogen-bond acceptors (Lipinski definition) is 3. The van der Waals surface area contributed by atoms with E-state index in [1.165, 1.54) is 6.07 Å². The highest BCUT2D eigenvalue weighted by Crippen LogP contribution is 2.24. The summed E-state index contributed by atoms with van der Waals surface area (Å²) in [5.41, 5.74) is -0.443. The maximum absolute atomic E-state index is 12.5. The van der Waals surface area contributed by atoms with E-state index >= 15 is 0 Å². The lowest BCUT2D eigenvalue weighted by atomic mass is 9.92. The van der Waals surface area contributed by atoms with E-state index in [0.29, 0.717) is 28.4 Å². The summed E-state index contributed by atoms with van der Waals surface area (Å²) in [6, 6.07) is 8.30. The number of benzene rings is 1. The van der Waals surface area contributed by atoms with Gasteiger partial charge in [-0.1, -0.05) is 37.6 Å². The number of hydrogen-bond donors (Lipinski definition) is 1. The van der Waals surface area contributed by atoms with Crippen LogP contribution in [0.15, 0.2) is 39.9 Å². The van der Waals surface area contributed by atoms with Gasteiger partial charge in [0.05, 0.1) is 10.7 Å². The maximum atomic E-state index is 12.5. The van der Waals surface area contributed by atoms with Gasteiger partial charge >= 0.3 is 5.69 Å². The molecule has 2 aromatic rings. The third kappa shape index (κ3) is 3.20. The number of anilines is 1. The van der Waals surface area contributed by atoms with Crippen molar-refractivity contribution in [2.45, 2.75) is 20.3 Å². The number of halogens is 1. The van der Waals surface area contributed by atoms with Crippen LogP contribution in [-0.2, 0) is 0 Å². The third-order valence-corrected chi connectivity index (χ3v) is 4.54. The molecule has 2 unspecified atom stereocenters. The zero-order valence-electron chi connectivity index (χ0n) is 13.3. The van der Waals surface area contributed by atoms with Crippen LogP contribution in [0.3, 0.4) is 0 Å². The highest BCUT2D eigenvalue weighted by molar-refractivity contribution is 6.32. The van der Waals surface area contributed by atoms with Gasteiger partial charge in [-0.25, -0.2) is 9.36 Å². The highest BCUT2D eigenvalue weighted by Gasteiger charge is 2.23. The molecule has 6 heteroatoms. The zero-order valence-corrected chi connectivity index (χ0v) is 14.0. The van der Waals surface area contributed by atoms with Gasteiger partial charge in [-0.05, 0) is 30.4 Å². The summed E-state index contributed by atoms with van der Waals surface area (Å²) in [7, 11) is 0. The predicted molar refractivity (Wildman–Crippen MR) is 92.8 cm³/mol. The highest BCUT2D eigenvalue weighted by atomic mass is 35.5. The number of para-hydroxylation sites is 1. The van der Waals surface area contributed by atoms with Gasteiger partial charge < -0.3 is 4.90 Å². The second-order valence-corrected chi connectivity index (χ2v) is 6.84. The summed E-state index contributed by atoms with van der Waals surface area (Å²) in [5.74, 6) is 1.66. The van der Waals surface area contributed by atoms with E-state index in [-0.39, 0.29) is 5.56 Å². The molecule has 0 bridgehead atoms. The number of rotatable bonds is 2. The van der Waals surface area contributed by atoms with Crippen LogP contribution in [0.25, 0.3) is 5.69 Å². The molecule has 1 aliphatic rings. The van der Waals surface area contributed by atoms with Crippen molar-refractivity contribution < 1.29 is 0 Å². The minimum Gasteiger partial charge on any atom is -0.357 e. The first-order chi connectivity index (χ1) is 11.0. The molecule has 5 nitrogen and oxygen atoms in total. The van der Waals surface area contributed by atoms with E-state index in [4.69, 9.17) is 11.6 Å². The number of nitrogens with zero attached hydrogens (tertiary/aromatic N) is 2. The Bertz CT molecular complexity index is 786. The van der Waals surface area contributed by atoms with Crippen LogP contribution in [0.2, 0.25) is 5.02 Å². The van der Waals surface area contributed by atoms with E-state index in [0.717, 1.165) is 24.1 Å². The van der Waals surface area contributed by atoms with Gasteiger partial charge in [-0.15, -0.1) is 0 Å². The third-order valence-electron chi connectivity index (χ3n) is 4.22. The van der Waals surface area contributed by atoms with Crippen LogP contribution in [0.1, 0.15) is 20.3 Å². The summed E-state index contributed by atoms with van der Waals surface area (Å²) >= 11 is 6.11. The molecule has 0 spiro atoms. The van der Waals surface area contributed by atoms with Gasteiger partial charge in [0.2, 0.25) is 0 Å². The second kappa shape index (κ2) is 6.24. The van der Waals surface area contributed by atoms with Crippen molar-refractivity contribution in [1.29, 1.82) is 0 Å². The van der Waals surface area contributed by atoms with Gasteiger partial charge in [0.1, 0.15) is 5.82 Å². The average Bonchev–Trinajstić information content (AvgIpc) is 2.47. The van der Waals surface area contributed by atoms with Crippen molar-refractivity contribution in [3.05, 3.63) is 56.2 Å². The SMILES string of the molecule is CC1CC(C)CN(c2cc(=O)n(-c3ccccc3Cl)c(=O)[nH]2)C1. The van der Waals surface area contributed by atoms with Crippen molar-refractivity contribution >= 4 is 17.4 Å². The topological polar surface area (TPSA) is 58.1 Å². The Kier molecular flexibility index (Phi) is 4.31. The Hall–Kier alpha value is -2.01. The quantitative estimate of drug-likeness (QED) is 0.919. The minimum absolute atomic E-state index is 0.369. The molecular formula is C17H20ClN3O2. The lowest BCUT2D eigenvalue weighted by Crippen LogP contribution is -2.42. The molecular weight excluding hydrogens is 314 g/mol. The van der Waals surface area contributed by atoms with Crippen molar-refractivity contribution in [2.24, 2.45) is 11.8 Å². The van der Waals surface area contributed by atoms with Gasteiger partial charge in [0.15, 0.2) is 0 Å². The minimum atomic E-state index is -0.466. The Labute approximate surface area is 139 Å². The fraction of sp³-hybridized carbons (Fsp3) is 0.412. The van der Waals surface area contributed by atoms with Gasteiger partial charge in [-0.3, -0.25) is 9.78 Å². The fourth-order valence-electron chi connectivity index (χ4n) is 3.37. The summed E-state index contributed by atoms with van der Waals surface area (Å²) in [6.07, 6.45) is 1.16. The molecule has 2 atom stereocenters. The Morgan fingerprint density at radius 2 is 1.78 bits per heavy atom. The van der Waals surface area contributed by atoms with Crippen molar-refractivity contribution in [1.82, 2.24) is 9.55 Å². The van der Waals surface area contributed by atoms with E-state index in [1.54, 1.807) is 24.3 Å². The Balaban J connectivity index is 2.03. The molecule has 1 aliphatic heterocycles. The second-order valence-electron chi connectivity index (χ2n) is 6.44. The molecule has 3 rings (SSSR count). The van der Waals surface area contributed by atoms with E-state index in [1.807, 2.05) is 0 Å². The molecule has 0 radical (unpaired) electrons. The monoisotopic (exact) mass is 333 g/mol. The van der Waals surface area contributed by atoms with Crippen molar-refractivity contribution in [3.8, 4) is 5.69 Å². The number of aromatic nitrogens is 2. The predicted octanol–water partition coefficient (Wildman–Crippen LogP) is 2.66. The smallest absolute Gasteiger partial charge is 0.334 e. The molecule has 1 aromatic carbocycles. The van der Waals surface area contributed by atoms with Gasteiger partial charge in [0, 0.05) is 19.2 Å². The molecule has 1 fully saturated rings. The Morgan fingerprint density at radius 1 is 1.13 bits per heavy atom. The summed E-state index contributed by atoms with van der Waals surface area (Å²) < 4.78 is 1.07. The Morgan fingerprint density at radius 3 is 2.39 bits per heavy atom. The van der Waals surface area contributed by atoms with Crippen LogP contribution in [-0.4, -0.2) is 22.6 Å². The summed E-state index contributed by atoms with van der Waals surface area (Å²) in [6.45, 7) is 6.06. The lowest BCUT2D eigenvalue weighted by molar-refractivity contribution is 0.355. The van der Waals surface area contributed by atoms with Crippen LogP contribution in [0, 0.1) is 11.8 Å².